The average Bonchev–Trinajstić information content (AvgIpc) is 2.60. The first-order chi connectivity index (χ1) is 12.6. The number of nitrogens with zero attached hydrogens (tertiary/aromatic N) is 1. The minimum atomic E-state index is -4.57. The van der Waals surface area contributed by atoms with E-state index >= 15 is 0 Å². The third-order valence-corrected chi connectivity index (χ3v) is 5.36. The molecule has 0 aliphatic carbocycles. The van der Waals surface area contributed by atoms with E-state index in [1.54, 1.807) is 52.1 Å². The molecule has 0 bridgehead atoms. The highest BCUT2D eigenvalue weighted by atomic mass is 31.2. The van der Waals surface area contributed by atoms with Gasteiger partial charge in [0.05, 0.1) is 19.4 Å². The summed E-state index contributed by atoms with van der Waals surface area (Å²) < 4.78 is 28.9. The Labute approximate surface area is 157 Å². The summed E-state index contributed by atoms with van der Waals surface area (Å²) in [5.41, 5.74) is 2.10. The molecule has 8 nitrogen and oxygen atoms in total. The SMILES string of the molecule is COc1ccc(NC(c2cnc(C)c3c2COC(C)(C)O3)P(=O)(O)O)cc1. The summed E-state index contributed by atoms with van der Waals surface area (Å²) in [6.45, 7) is 5.51. The Hall–Kier alpha value is -2.12. The van der Waals surface area contributed by atoms with Crippen LogP contribution in [0.3, 0.4) is 0 Å². The van der Waals surface area contributed by atoms with Crippen LogP contribution in [0.5, 0.6) is 11.5 Å². The molecule has 9 heteroatoms. The van der Waals surface area contributed by atoms with Gasteiger partial charge in [-0.15, -0.1) is 0 Å². The molecule has 0 saturated heterocycles. The molecule has 3 N–H and O–H groups in total. The number of hydrogen-bond acceptors (Lipinski definition) is 6. The smallest absolute Gasteiger partial charge is 0.352 e. The van der Waals surface area contributed by atoms with Gasteiger partial charge >= 0.3 is 7.60 Å². The molecular weight excluding hydrogens is 371 g/mol. The lowest BCUT2D eigenvalue weighted by Gasteiger charge is -2.35. The lowest BCUT2D eigenvalue weighted by molar-refractivity contribution is -0.180. The van der Waals surface area contributed by atoms with Crippen LogP contribution < -0.4 is 14.8 Å². The van der Waals surface area contributed by atoms with Crippen LogP contribution in [-0.4, -0.2) is 27.7 Å². The number of ether oxygens (including phenoxy) is 3. The summed E-state index contributed by atoms with van der Waals surface area (Å²) in [6, 6.07) is 6.78. The number of pyridine rings is 1. The number of benzene rings is 1. The molecule has 0 saturated carbocycles. The second-order valence-corrected chi connectivity index (χ2v) is 8.46. The molecule has 146 valence electrons. The van der Waals surface area contributed by atoms with Gasteiger partial charge in [-0.1, -0.05) is 0 Å². The molecule has 3 rings (SSSR count). The summed E-state index contributed by atoms with van der Waals surface area (Å²) in [4.78, 5) is 24.2. The number of rotatable bonds is 5. The summed E-state index contributed by atoms with van der Waals surface area (Å²) in [5, 5.41) is 2.91. The first-order valence-electron chi connectivity index (χ1n) is 8.38. The zero-order valence-electron chi connectivity index (χ0n) is 15.6. The van der Waals surface area contributed by atoms with Crippen LogP contribution >= 0.6 is 7.60 Å². The fourth-order valence-corrected chi connectivity index (χ4v) is 3.78. The number of methoxy groups -OCH3 is 1. The quantitative estimate of drug-likeness (QED) is 0.663. The van der Waals surface area contributed by atoms with Gasteiger partial charge in [-0.25, -0.2) is 0 Å². The molecule has 0 radical (unpaired) electrons. The zero-order valence-corrected chi connectivity index (χ0v) is 16.5. The fourth-order valence-electron chi connectivity index (χ4n) is 2.88. The van der Waals surface area contributed by atoms with E-state index in [4.69, 9.17) is 14.2 Å². The Morgan fingerprint density at radius 1 is 1.30 bits per heavy atom. The van der Waals surface area contributed by atoms with Crippen LogP contribution in [0, 0.1) is 6.92 Å². The number of anilines is 1. The van der Waals surface area contributed by atoms with Gasteiger partial charge in [-0.3, -0.25) is 9.55 Å². The van der Waals surface area contributed by atoms with Crippen molar-refractivity contribution in [2.24, 2.45) is 0 Å². The number of nitrogens with one attached hydrogen (secondary N) is 1. The molecule has 2 heterocycles. The van der Waals surface area contributed by atoms with Crippen LogP contribution in [0.4, 0.5) is 5.69 Å². The highest BCUT2D eigenvalue weighted by Gasteiger charge is 2.37. The lowest BCUT2D eigenvalue weighted by atomic mass is 10.1. The van der Waals surface area contributed by atoms with Gasteiger partial charge in [0.25, 0.3) is 0 Å². The van der Waals surface area contributed by atoms with E-state index < -0.39 is 19.2 Å². The largest absolute Gasteiger partial charge is 0.497 e. The average molecular weight is 394 g/mol. The zero-order chi connectivity index (χ0) is 19.8. The molecule has 1 aliphatic rings. The molecule has 1 aromatic carbocycles. The molecule has 0 fully saturated rings. The lowest BCUT2D eigenvalue weighted by Crippen LogP contribution is -2.36. The van der Waals surface area contributed by atoms with E-state index in [2.05, 4.69) is 10.3 Å². The standard InChI is InChI=1S/C18H23N2O6P/c1-11-16-15(10-25-18(2,3)26-16)14(9-19-11)17(27(21,22)23)20-12-5-7-13(24-4)8-6-12/h5-9,17,20H,10H2,1-4H3,(H2,21,22,23). The van der Waals surface area contributed by atoms with Crippen molar-refractivity contribution in [3.8, 4) is 11.5 Å². The van der Waals surface area contributed by atoms with Crippen molar-refractivity contribution in [1.29, 1.82) is 0 Å². The highest BCUT2D eigenvalue weighted by Crippen LogP contribution is 2.54. The Kier molecular flexibility index (Phi) is 5.18. The molecule has 1 aromatic heterocycles. The Morgan fingerprint density at radius 3 is 2.56 bits per heavy atom. The third kappa shape index (κ3) is 4.25. The normalized spacial score (nSPS) is 16.8. The number of aromatic nitrogens is 1. The Morgan fingerprint density at radius 2 is 1.96 bits per heavy atom. The van der Waals surface area contributed by atoms with Crippen LogP contribution in [0.15, 0.2) is 30.5 Å². The highest BCUT2D eigenvalue weighted by molar-refractivity contribution is 7.52. The molecule has 0 spiro atoms. The first-order valence-corrected chi connectivity index (χ1v) is 10.1. The number of aryl methyl sites for hydroxylation is 1. The third-order valence-electron chi connectivity index (χ3n) is 4.28. The molecule has 1 aliphatic heterocycles. The van der Waals surface area contributed by atoms with Crippen LogP contribution in [0.25, 0.3) is 0 Å². The summed E-state index contributed by atoms with van der Waals surface area (Å²) in [5.74, 6) is -0.981. The van der Waals surface area contributed by atoms with Gasteiger partial charge in [-0.05, 0) is 31.2 Å². The predicted octanol–water partition coefficient (Wildman–Crippen LogP) is 3.33. The van der Waals surface area contributed by atoms with Crippen molar-refractivity contribution in [1.82, 2.24) is 4.98 Å². The van der Waals surface area contributed by atoms with Crippen molar-refractivity contribution in [3.05, 3.63) is 47.3 Å². The van der Waals surface area contributed by atoms with Crippen molar-refractivity contribution < 1.29 is 28.6 Å². The molecule has 1 unspecified atom stereocenters. The minimum Gasteiger partial charge on any atom is -0.497 e. The summed E-state index contributed by atoms with van der Waals surface area (Å²) >= 11 is 0. The molecule has 0 amide bonds. The van der Waals surface area contributed by atoms with E-state index in [-0.39, 0.29) is 6.61 Å². The maximum atomic E-state index is 12.3. The molecule has 2 aromatic rings. The first kappa shape index (κ1) is 19.6. The van der Waals surface area contributed by atoms with E-state index in [9.17, 15) is 14.4 Å². The van der Waals surface area contributed by atoms with Crippen LogP contribution in [0.1, 0.15) is 36.5 Å². The molecular formula is C18H23N2O6P. The van der Waals surface area contributed by atoms with Crippen molar-refractivity contribution >= 4 is 13.3 Å². The number of fused-ring (bicyclic) bond motifs is 1. The maximum absolute atomic E-state index is 12.3. The van der Waals surface area contributed by atoms with E-state index in [1.165, 1.54) is 6.20 Å². The topological polar surface area (TPSA) is 110 Å². The summed E-state index contributed by atoms with van der Waals surface area (Å²) in [7, 11) is -3.02. The van der Waals surface area contributed by atoms with Gasteiger partial charge in [0.1, 0.15) is 11.5 Å². The Bertz CT molecular complexity index is 878. The predicted molar refractivity (Wildman–Crippen MR) is 99.9 cm³/mol. The fraction of sp³-hybridized carbons (Fsp3) is 0.389. The molecule has 27 heavy (non-hydrogen) atoms. The van der Waals surface area contributed by atoms with E-state index in [0.29, 0.717) is 34.0 Å². The van der Waals surface area contributed by atoms with Crippen molar-refractivity contribution in [2.45, 2.75) is 38.9 Å². The van der Waals surface area contributed by atoms with Gasteiger partial charge < -0.3 is 29.3 Å². The van der Waals surface area contributed by atoms with Gasteiger partial charge in [0, 0.05) is 36.9 Å². The van der Waals surface area contributed by atoms with Crippen molar-refractivity contribution in [3.63, 3.8) is 0 Å². The summed E-state index contributed by atoms with van der Waals surface area (Å²) in [6.07, 6.45) is 1.46. The van der Waals surface area contributed by atoms with Crippen LogP contribution in [-0.2, 0) is 15.9 Å². The van der Waals surface area contributed by atoms with E-state index in [0.717, 1.165) is 0 Å². The Balaban J connectivity index is 2.02. The van der Waals surface area contributed by atoms with Crippen LogP contribution in [0.2, 0.25) is 0 Å². The minimum absolute atomic E-state index is 0.168. The van der Waals surface area contributed by atoms with Crippen molar-refractivity contribution in [2.75, 3.05) is 12.4 Å². The van der Waals surface area contributed by atoms with E-state index in [1.807, 2.05) is 0 Å². The van der Waals surface area contributed by atoms with Gasteiger partial charge in [0.15, 0.2) is 5.78 Å². The van der Waals surface area contributed by atoms with Gasteiger partial charge in [-0.2, -0.15) is 0 Å². The second kappa shape index (κ2) is 7.13. The maximum Gasteiger partial charge on any atom is 0.352 e. The van der Waals surface area contributed by atoms with Gasteiger partial charge in [0.2, 0.25) is 5.79 Å². The number of hydrogen-bond donors (Lipinski definition) is 3. The monoisotopic (exact) mass is 394 g/mol. The molecule has 1 atom stereocenters. The second-order valence-electron chi connectivity index (χ2n) is 6.76.